The summed E-state index contributed by atoms with van der Waals surface area (Å²) in [5.74, 6) is -0.575. The Labute approximate surface area is 106 Å². The Hall–Kier alpha value is -1.91. The van der Waals surface area contributed by atoms with Gasteiger partial charge in [-0.25, -0.2) is 0 Å². The fraction of sp³-hybridized carbons (Fsp3) is 0.462. The van der Waals surface area contributed by atoms with Crippen LogP contribution in [-0.2, 0) is 9.53 Å². The average molecular weight is 248 g/mol. The second-order valence-electron chi connectivity index (χ2n) is 4.33. The smallest absolute Gasteiger partial charge is 0.310 e. The Morgan fingerprint density at radius 3 is 2.94 bits per heavy atom. The molecule has 0 spiro atoms. The molecule has 0 unspecified atom stereocenters. The lowest BCUT2D eigenvalue weighted by Crippen LogP contribution is -2.42. The third kappa shape index (κ3) is 2.67. The highest BCUT2D eigenvalue weighted by molar-refractivity contribution is 5.92. The standard InChI is InChI=1S/C13H16N2O3/c1-18-13(17)10-5-4-8-15(9-10)12(16)11-6-2-3-7-14-11/h2-3,6-7,10H,4-5,8-9H2,1H3/t10-/m0/s1. The van der Waals surface area contributed by atoms with E-state index in [-0.39, 0.29) is 17.8 Å². The van der Waals surface area contributed by atoms with Gasteiger partial charge in [0.1, 0.15) is 5.69 Å². The molecule has 1 aromatic rings. The number of hydrogen-bond acceptors (Lipinski definition) is 4. The van der Waals surface area contributed by atoms with Crippen LogP contribution in [0.4, 0.5) is 0 Å². The number of carbonyl (C=O) groups excluding carboxylic acids is 2. The molecule has 18 heavy (non-hydrogen) atoms. The van der Waals surface area contributed by atoms with Crippen LogP contribution >= 0.6 is 0 Å². The van der Waals surface area contributed by atoms with Crippen molar-refractivity contribution in [3.63, 3.8) is 0 Å². The Bertz CT molecular complexity index is 433. The zero-order valence-corrected chi connectivity index (χ0v) is 10.3. The van der Waals surface area contributed by atoms with E-state index in [4.69, 9.17) is 4.74 Å². The first kappa shape index (κ1) is 12.5. The Morgan fingerprint density at radius 2 is 2.28 bits per heavy atom. The number of esters is 1. The number of piperidine rings is 1. The van der Waals surface area contributed by atoms with Crippen LogP contribution in [0.25, 0.3) is 0 Å². The molecule has 1 atom stereocenters. The molecule has 0 aliphatic carbocycles. The highest BCUT2D eigenvalue weighted by atomic mass is 16.5. The maximum Gasteiger partial charge on any atom is 0.310 e. The largest absolute Gasteiger partial charge is 0.469 e. The molecule has 1 fully saturated rings. The van der Waals surface area contributed by atoms with Gasteiger partial charge >= 0.3 is 5.97 Å². The number of pyridine rings is 1. The summed E-state index contributed by atoms with van der Waals surface area (Å²) in [6.45, 7) is 1.09. The van der Waals surface area contributed by atoms with E-state index in [0.29, 0.717) is 18.8 Å². The van der Waals surface area contributed by atoms with E-state index in [2.05, 4.69) is 4.98 Å². The first-order valence-corrected chi connectivity index (χ1v) is 6.00. The van der Waals surface area contributed by atoms with Crippen LogP contribution in [0.1, 0.15) is 23.3 Å². The van der Waals surface area contributed by atoms with Gasteiger partial charge in [0, 0.05) is 19.3 Å². The van der Waals surface area contributed by atoms with E-state index < -0.39 is 0 Å². The van der Waals surface area contributed by atoms with Crippen LogP contribution in [0.3, 0.4) is 0 Å². The van der Waals surface area contributed by atoms with Gasteiger partial charge in [-0.2, -0.15) is 0 Å². The molecular formula is C13H16N2O3. The van der Waals surface area contributed by atoms with Gasteiger partial charge in [-0.3, -0.25) is 14.6 Å². The molecule has 5 nitrogen and oxygen atoms in total. The molecule has 2 heterocycles. The zero-order chi connectivity index (χ0) is 13.0. The number of carbonyl (C=O) groups is 2. The van der Waals surface area contributed by atoms with Crippen LogP contribution < -0.4 is 0 Å². The number of nitrogens with zero attached hydrogens (tertiary/aromatic N) is 2. The summed E-state index contributed by atoms with van der Waals surface area (Å²) >= 11 is 0. The fourth-order valence-corrected chi connectivity index (χ4v) is 2.17. The van der Waals surface area contributed by atoms with Gasteiger partial charge < -0.3 is 9.64 Å². The van der Waals surface area contributed by atoms with Crippen molar-refractivity contribution in [2.45, 2.75) is 12.8 Å². The minimum absolute atomic E-state index is 0.121. The van der Waals surface area contributed by atoms with Gasteiger partial charge in [0.15, 0.2) is 0 Å². The molecule has 96 valence electrons. The molecule has 1 saturated heterocycles. The lowest BCUT2D eigenvalue weighted by Gasteiger charge is -2.31. The van der Waals surface area contributed by atoms with Gasteiger partial charge in [-0.1, -0.05) is 6.07 Å². The average Bonchev–Trinajstić information content (AvgIpc) is 2.46. The number of amides is 1. The van der Waals surface area contributed by atoms with Crippen molar-refractivity contribution in [1.82, 2.24) is 9.88 Å². The molecular weight excluding hydrogens is 232 g/mol. The fourth-order valence-electron chi connectivity index (χ4n) is 2.17. The van der Waals surface area contributed by atoms with E-state index >= 15 is 0 Å². The maximum absolute atomic E-state index is 12.2. The normalized spacial score (nSPS) is 19.4. The molecule has 0 saturated carbocycles. The molecule has 0 bridgehead atoms. The van der Waals surface area contributed by atoms with Crippen molar-refractivity contribution in [2.24, 2.45) is 5.92 Å². The lowest BCUT2D eigenvalue weighted by atomic mass is 9.98. The summed E-state index contributed by atoms with van der Waals surface area (Å²) in [5, 5.41) is 0. The highest BCUT2D eigenvalue weighted by Gasteiger charge is 2.29. The van der Waals surface area contributed by atoms with Gasteiger partial charge in [-0.05, 0) is 25.0 Å². The van der Waals surface area contributed by atoms with Crippen LogP contribution in [0.2, 0.25) is 0 Å². The maximum atomic E-state index is 12.2. The Morgan fingerprint density at radius 1 is 1.44 bits per heavy atom. The summed E-state index contributed by atoms with van der Waals surface area (Å²) in [5.41, 5.74) is 0.419. The number of likely N-dealkylation sites (tertiary alicyclic amines) is 1. The summed E-state index contributed by atoms with van der Waals surface area (Å²) in [6, 6.07) is 5.23. The second-order valence-corrected chi connectivity index (χ2v) is 4.33. The van der Waals surface area contributed by atoms with Crippen molar-refractivity contribution in [3.8, 4) is 0 Å². The van der Waals surface area contributed by atoms with Crippen LogP contribution in [0.15, 0.2) is 24.4 Å². The molecule has 1 aliphatic rings. The number of rotatable bonds is 2. The monoisotopic (exact) mass is 248 g/mol. The topological polar surface area (TPSA) is 59.5 Å². The molecule has 2 rings (SSSR count). The zero-order valence-electron chi connectivity index (χ0n) is 10.3. The van der Waals surface area contributed by atoms with E-state index in [1.807, 2.05) is 0 Å². The number of ether oxygens (including phenoxy) is 1. The number of aromatic nitrogens is 1. The van der Waals surface area contributed by atoms with Gasteiger partial charge in [0.2, 0.25) is 0 Å². The van der Waals surface area contributed by atoms with Crippen LogP contribution in [0, 0.1) is 5.92 Å². The van der Waals surface area contributed by atoms with Crippen molar-refractivity contribution >= 4 is 11.9 Å². The third-order valence-corrected chi connectivity index (χ3v) is 3.13. The molecule has 5 heteroatoms. The van der Waals surface area contributed by atoms with E-state index in [1.54, 1.807) is 29.3 Å². The van der Waals surface area contributed by atoms with E-state index in [0.717, 1.165) is 12.8 Å². The van der Waals surface area contributed by atoms with E-state index in [1.165, 1.54) is 7.11 Å². The predicted molar refractivity (Wildman–Crippen MR) is 64.9 cm³/mol. The molecule has 0 aromatic carbocycles. The van der Waals surface area contributed by atoms with E-state index in [9.17, 15) is 9.59 Å². The third-order valence-electron chi connectivity index (χ3n) is 3.13. The molecule has 1 amide bonds. The summed E-state index contributed by atoms with van der Waals surface area (Å²) in [7, 11) is 1.38. The Balaban J connectivity index is 2.05. The molecule has 1 aliphatic heterocycles. The molecule has 0 N–H and O–H groups in total. The summed E-state index contributed by atoms with van der Waals surface area (Å²) in [4.78, 5) is 29.4. The van der Waals surface area contributed by atoms with Crippen molar-refractivity contribution in [1.29, 1.82) is 0 Å². The van der Waals surface area contributed by atoms with Crippen LogP contribution in [-0.4, -0.2) is 42.0 Å². The minimum Gasteiger partial charge on any atom is -0.469 e. The van der Waals surface area contributed by atoms with Crippen molar-refractivity contribution in [3.05, 3.63) is 30.1 Å². The molecule has 1 aromatic heterocycles. The SMILES string of the molecule is COC(=O)[C@H]1CCCN(C(=O)c2ccccn2)C1. The number of methoxy groups -OCH3 is 1. The van der Waals surface area contributed by atoms with Gasteiger partial charge in [0.25, 0.3) is 5.91 Å². The minimum atomic E-state index is -0.242. The highest BCUT2D eigenvalue weighted by Crippen LogP contribution is 2.19. The lowest BCUT2D eigenvalue weighted by molar-refractivity contribution is -0.146. The second kappa shape index (κ2) is 5.62. The van der Waals surface area contributed by atoms with Crippen molar-refractivity contribution in [2.75, 3.05) is 20.2 Å². The Kier molecular flexibility index (Phi) is 3.92. The number of hydrogen-bond donors (Lipinski definition) is 0. The first-order valence-electron chi connectivity index (χ1n) is 6.00. The predicted octanol–water partition coefficient (Wildman–Crippen LogP) is 1.11. The summed E-state index contributed by atoms with van der Waals surface area (Å²) in [6.07, 6.45) is 3.19. The van der Waals surface area contributed by atoms with Gasteiger partial charge in [-0.15, -0.1) is 0 Å². The van der Waals surface area contributed by atoms with Crippen LogP contribution in [0.5, 0.6) is 0 Å². The first-order chi connectivity index (χ1) is 8.72. The van der Waals surface area contributed by atoms with Crippen molar-refractivity contribution < 1.29 is 14.3 Å². The molecule has 0 radical (unpaired) electrons. The van der Waals surface area contributed by atoms with Gasteiger partial charge in [0.05, 0.1) is 13.0 Å². The summed E-state index contributed by atoms with van der Waals surface area (Å²) < 4.78 is 4.73. The quantitative estimate of drug-likeness (QED) is 0.735.